The first-order valence-corrected chi connectivity index (χ1v) is 10.2. The molecule has 33 heavy (non-hydrogen) atoms. The summed E-state index contributed by atoms with van der Waals surface area (Å²) in [7, 11) is 0. The molecule has 2 N–H and O–H groups in total. The van der Waals surface area contributed by atoms with E-state index in [0.29, 0.717) is 22.9 Å². The Morgan fingerprint density at radius 1 is 1.09 bits per heavy atom. The Hall–Kier alpha value is -3.89. The number of halogens is 1. The predicted octanol–water partition coefficient (Wildman–Crippen LogP) is 3.55. The van der Waals surface area contributed by atoms with Gasteiger partial charge in [-0.15, -0.1) is 0 Å². The highest BCUT2D eigenvalue weighted by Crippen LogP contribution is 2.23. The first kappa shape index (κ1) is 23.8. The number of nitrogens with one attached hydrogen (secondary N) is 2. The van der Waals surface area contributed by atoms with Gasteiger partial charge in [0.2, 0.25) is 0 Å². The molecule has 0 aliphatic carbocycles. The molecule has 0 fully saturated rings. The molecule has 0 spiro atoms. The van der Waals surface area contributed by atoms with Crippen LogP contribution in [-0.4, -0.2) is 54.5 Å². The summed E-state index contributed by atoms with van der Waals surface area (Å²) in [5, 5.41) is 9.55. The van der Waals surface area contributed by atoms with Crippen molar-refractivity contribution < 1.29 is 18.7 Å². The van der Waals surface area contributed by atoms with Gasteiger partial charge in [-0.25, -0.2) is 18.9 Å². The van der Waals surface area contributed by atoms with E-state index in [9.17, 15) is 14.0 Å². The van der Waals surface area contributed by atoms with E-state index in [1.54, 1.807) is 46.8 Å². The van der Waals surface area contributed by atoms with E-state index in [4.69, 9.17) is 4.74 Å². The number of nitrogens with zero attached hydrogens (tertiary/aromatic N) is 5. The van der Waals surface area contributed by atoms with E-state index in [2.05, 4.69) is 30.7 Å². The van der Waals surface area contributed by atoms with Gasteiger partial charge in [0.25, 0.3) is 5.91 Å². The van der Waals surface area contributed by atoms with Gasteiger partial charge >= 0.3 is 6.09 Å². The molecular formula is C22H26FN7O3. The molecule has 3 aromatic rings. The lowest BCUT2D eigenvalue weighted by molar-refractivity contribution is 0.0635. The standard InChI is InChI=1S/C22H26FN7O3/c1-21(2,3)33-20(32)27-14-6-7-15(26-11-14)17-10-16(19(31)28-22(4,5)13-23)29-30(17)18-12-24-8-9-25-18/h6-12H,13H2,1-5H3,(H,27,32)(H,28,31). The van der Waals surface area contributed by atoms with Crippen molar-refractivity contribution in [3.05, 3.63) is 48.7 Å². The third kappa shape index (κ3) is 6.31. The number of ether oxygens (including phenoxy) is 1. The minimum atomic E-state index is -1.04. The van der Waals surface area contributed by atoms with Gasteiger partial charge in [0.1, 0.15) is 12.3 Å². The molecule has 0 saturated heterocycles. The zero-order chi connectivity index (χ0) is 24.2. The molecule has 3 rings (SSSR count). The van der Waals surface area contributed by atoms with Gasteiger partial charge in [-0.3, -0.25) is 20.1 Å². The van der Waals surface area contributed by atoms with E-state index in [1.807, 2.05) is 0 Å². The Balaban J connectivity index is 1.92. The second-order valence-electron chi connectivity index (χ2n) is 8.92. The lowest BCUT2D eigenvalue weighted by Crippen LogP contribution is -2.45. The number of hydrogen-bond donors (Lipinski definition) is 2. The molecule has 0 bridgehead atoms. The molecule has 174 valence electrons. The number of amides is 2. The van der Waals surface area contributed by atoms with Crippen LogP contribution < -0.4 is 10.6 Å². The van der Waals surface area contributed by atoms with Crippen molar-refractivity contribution in [2.24, 2.45) is 0 Å². The fourth-order valence-electron chi connectivity index (χ4n) is 2.70. The van der Waals surface area contributed by atoms with Crippen molar-refractivity contribution in [1.29, 1.82) is 0 Å². The Labute approximate surface area is 190 Å². The number of pyridine rings is 1. The molecule has 3 heterocycles. The van der Waals surface area contributed by atoms with Crippen LogP contribution in [0, 0.1) is 0 Å². The molecule has 0 unspecified atom stereocenters. The molecule has 10 nitrogen and oxygen atoms in total. The van der Waals surface area contributed by atoms with Crippen molar-refractivity contribution in [2.75, 3.05) is 12.0 Å². The lowest BCUT2D eigenvalue weighted by Gasteiger charge is -2.21. The van der Waals surface area contributed by atoms with Crippen LogP contribution in [0.4, 0.5) is 14.9 Å². The number of carbonyl (C=O) groups excluding carboxylic acids is 2. The summed E-state index contributed by atoms with van der Waals surface area (Å²) in [6.45, 7) is 7.72. The Bertz CT molecular complexity index is 1120. The number of hydrogen-bond acceptors (Lipinski definition) is 7. The molecule has 0 aliphatic rings. The number of anilines is 1. The Morgan fingerprint density at radius 2 is 1.85 bits per heavy atom. The van der Waals surface area contributed by atoms with Crippen LogP contribution in [0.5, 0.6) is 0 Å². The molecule has 0 aromatic carbocycles. The first-order chi connectivity index (χ1) is 15.5. The van der Waals surface area contributed by atoms with E-state index >= 15 is 0 Å². The maximum Gasteiger partial charge on any atom is 0.412 e. The zero-order valence-electron chi connectivity index (χ0n) is 19.1. The fraction of sp³-hybridized carbons (Fsp3) is 0.364. The minimum Gasteiger partial charge on any atom is -0.444 e. The zero-order valence-corrected chi connectivity index (χ0v) is 19.1. The van der Waals surface area contributed by atoms with Gasteiger partial charge in [-0.1, -0.05) is 0 Å². The summed E-state index contributed by atoms with van der Waals surface area (Å²) < 4.78 is 19.8. The van der Waals surface area contributed by atoms with E-state index in [1.165, 1.54) is 35.5 Å². The van der Waals surface area contributed by atoms with E-state index in [0.717, 1.165) is 0 Å². The van der Waals surface area contributed by atoms with Crippen molar-refractivity contribution in [3.63, 3.8) is 0 Å². The third-order valence-electron chi connectivity index (χ3n) is 4.17. The maximum absolute atomic E-state index is 13.2. The molecule has 0 saturated carbocycles. The number of aromatic nitrogens is 5. The van der Waals surface area contributed by atoms with Gasteiger partial charge in [-0.2, -0.15) is 5.10 Å². The van der Waals surface area contributed by atoms with Crippen LogP contribution in [-0.2, 0) is 4.74 Å². The number of carbonyl (C=O) groups is 2. The van der Waals surface area contributed by atoms with Crippen LogP contribution in [0.15, 0.2) is 43.0 Å². The summed E-state index contributed by atoms with van der Waals surface area (Å²) in [5.41, 5.74) is -0.250. The molecule has 0 aliphatic heterocycles. The Morgan fingerprint density at radius 3 is 2.42 bits per heavy atom. The number of alkyl halides is 1. The molecule has 3 aromatic heterocycles. The van der Waals surface area contributed by atoms with Gasteiger partial charge in [0, 0.05) is 12.4 Å². The van der Waals surface area contributed by atoms with E-state index in [-0.39, 0.29) is 5.69 Å². The summed E-state index contributed by atoms with van der Waals surface area (Å²) in [5.74, 6) is -0.168. The van der Waals surface area contributed by atoms with Crippen LogP contribution in [0.3, 0.4) is 0 Å². The average molecular weight is 455 g/mol. The average Bonchev–Trinajstić information content (AvgIpc) is 3.19. The van der Waals surface area contributed by atoms with Crippen LogP contribution >= 0.6 is 0 Å². The quantitative estimate of drug-likeness (QED) is 0.582. The SMILES string of the molecule is CC(C)(CF)NC(=O)c1cc(-c2ccc(NC(=O)OC(C)(C)C)cn2)n(-c2cnccn2)n1. The van der Waals surface area contributed by atoms with Crippen LogP contribution in [0.25, 0.3) is 17.2 Å². The molecule has 0 atom stereocenters. The minimum absolute atomic E-state index is 0.0648. The highest BCUT2D eigenvalue weighted by atomic mass is 19.1. The topological polar surface area (TPSA) is 124 Å². The fourth-order valence-corrected chi connectivity index (χ4v) is 2.70. The second kappa shape index (κ2) is 9.31. The van der Waals surface area contributed by atoms with Crippen molar-refractivity contribution in [1.82, 2.24) is 30.0 Å². The van der Waals surface area contributed by atoms with E-state index < -0.39 is 29.8 Å². The predicted molar refractivity (Wildman–Crippen MR) is 120 cm³/mol. The molecular weight excluding hydrogens is 429 g/mol. The highest BCUT2D eigenvalue weighted by molar-refractivity contribution is 5.94. The Kier molecular flexibility index (Phi) is 6.70. The van der Waals surface area contributed by atoms with Gasteiger partial charge in [0.15, 0.2) is 11.5 Å². The van der Waals surface area contributed by atoms with Crippen molar-refractivity contribution >= 4 is 17.7 Å². The van der Waals surface area contributed by atoms with Gasteiger partial charge < -0.3 is 10.1 Å². The smallest absolute Gasteiger partial charge is 0.412 e. The summed E-state index contributed by atoms with van der Waals surface area (Å²) in [6, 6.07) is 4.83. The molecule has 2 amide bonds. The lowest BCUT2D eigenvalue weighted by atomic mass is 10.1. The summed E-state index contributed by atoms with van der Waals surface area (Å²) >= 11 is 0. The molecule has 11 heteroatoms. The van der Waals surface area contributed by atoms with Crippen LogP contribution in [0.2, 0.25) is 0 Å². The third-order valence-corrected chi connectivity index (χ3v) is 4.17. The maximum atomic E-state index is 13.2. The van der Waals surface area contributed by atoms with Gasteiger partial charge in [0.05, 0.1) is 35.0 Å². The molecule has 0 radical (unpaired) electrons. The number of rotatable bonds is 6. The van der Waals surface area contributed by atoms with Gasteiger partial charge in [-0.05, 0) is 52.8 Å². The second-order valence-corrected chi connectivity index (χ2v) is 8.92. The van der Waals surface area contributed by atoms with Crippen LogP contribution in [0.1, 0.15) is 45.1 Å². The normalized spacial score (nSPS) is 11.7. The summed E-state index contributed by atoms with van der Waals surface area (Å²) in [4.78, 5) is 37.3. The van der Waals surface area contributed by atoms with Crippen molar-refractivity contribution in [3.8, 4) is 17.2 Å². The van der Waals surface area contributed by atoms with Crippen molar-refractivity contribution in [2.45, 2.75) is 45.8 Å². The summed E-state index contributed by atoms with van der Waals surface area (Å²) in [6.07, 6.45) is 5.35. The monoisotopic (exact) mass is 455 g/mol. The largest absolute Gasteiger partial charge is 0.444 e. The first-order valence-electron chi connectivity index (χ1n) is 10.2. The highest BCUT2D eigenvalue weighted by Gasteiger charge is 2.25.